The van der Waals surface area contributed by atoms with E-state index in [0.29, 0.717) is 11.1 Å². The lowest BCUT2D eigenvalue weighted by Crippen LogP contribution is -2.13. The second-order valence-corrected chi connectivity index (χ2v) is 11.7. The summed E-state index contributed by atoms with van der Waals surface area (Å²) >= 11 is 3.54. The molecular formula is C32H21NO2S2. The molecule has 0 fully saturated rings. The van der Waals surface area contributed by atoms with Crippen LogP contribution in [0.25, 0.3) is 10.8 Å². The summed E-state index contributed by atoms with van der Waals surface area (Å²) in [7, 11) is 0. The standard InChI is InChI=1S/C32H21NO2S2/c34-31-25-15-20-9-7-8-10-21(20)16-26(25)32(35)27(31)17-24-18-28-29(36-24)19-30(37-28)33(22-11-3-1-4-12-22)23-13-5-2-6-14-23/h1-19,28-29H. The molecule has 2 atom stereocenters. The van der Waals surface area contributed by atoms with E-state index >= 15 is 0 Å². The lowest BCUT2D eigenvalue weighted by Gasteiger charge is -2.26. The van der Waals surface area contributed by atoms with E-state index in [4.69, 9.17) is 0 Å². The Labute approximate surface area is 223 Å². The van der Waals surface area contributed by atoms with E-state index in [-0.39, 0.29) is 27.6 Å². The van der Waals surface area contributed by atoms with Crippen molar-refractivity contribution in [3.05, 3.63) is 142 Å². The summed E-state index contributed by atoms with van der Waals surface area (Å²) in [6.45, 7) is 0. The van der Waals surface area contributed by atoms with E-state index in [2.05, 4.69) is 65.6 Å². The number of Topliss-reactive ketones (excluding diaryl/α,β-unsaturated/α-hetero) is 2. The summed E-state index contributed by atoms with van der Waals surface area (Å²) in [4.78, 5) is 29.7. The van der Waals surface area contributed by atoms with Crippen LogP contribution in [-0.4, -0.2) is 22.1 Å². The molecule has 3 nitrogen and oxygen atoms in total. The molecule has 0 N–H and O–H groups in total. The molecule has 37 heavy (non-hydrogen) atoms. The number of carbonyl (C=O) groups is 2. The van der Waals surface area contributed by atoms with E-state index in [9.17, 15) is 9.59 Å². The highest BCUT2D eigenvalue weighted by atomic mass is 32.2. The normalized spacial score (nSPS) is 20.1. The molecule has 3 aliphatic rings. The van der Waals surface area contributed by atoms with Gasteiger partial charge in [0.15, 0.2) is 11.6 Å². The van der Waals surface area contributed by atoms with Crippen molar-refractivity contribution in [2.75, 3.05) is 4.90 Å². The van der Waals surface area contributed by atoms with Crippen molar-refractivity contribution in [1.82, 2.24) is 0 Å². The fourth-order valence-electron chi connectivity index (χ4n) is 5.12. The van der Waals surface area contributed by atoms with Crippen LogP contribution in [0.2, 0.25) is 0 Å². The number of hydrogen-bond donors (Lipinski definition) is 0. The number of thioether (sulfide) groups is 2. The molecule has 0 saturated carbocycles. The van der Waals surface area contributed by atoms with Gasteiger partial charge in [-0.2, -0.15) is 0 Å². The van der Waals surface area contributed by atoms with Crippen molar-refractivity contribution in [2.45, 2.75) is 10.5 Å². The number of rotatable bonds is 4. The molecule has 2 aliphatic heterocycles. The zero-order valence-corrected chi connectivity index (χ0v) is 21.3. The Hall–Kier alpha value is -3.80. The Morgan fingerprint density at radius 3 is 1.68 bits per heavy atom. The van der Waals surface area contributed by atoms with Crippen LogP contribution in [0.4, 0.5) is 11.4 Å². The Balaban J connectivity index is 1.16. The fraction of sp³-hybridized carbons (Fsp3) is 0.0625. The molecular weight excluding hydrogens is 494 g/mol. The molecule has 2 unspecified atom stereocenters. The Morgan fingerprint density at radius 2 is 1.14 bits per heavy atom. The number of anilines is 2. The maximum absolute atomic E-state index is 13.2. The van der Waals surface area contributed by atoms with Gasteiger partial charge in [-0.25, -0.2) is 0 Å². The first-order chi connectivity index (χ1) is 18.2. The van der Waals surface area contributed by atoms with E-state index in [1.807, 2.05) is 60.3 Å². The van der Waals surface area contributed by atoms with Crippen LogP contribution >= 0.6 is 23.5 Å². The van der Waals surface area contributed by atoms with Crippen molar-refractivity contribution >= 4 is 57.2 Å². The van der Waals surface area contributed by atoms with Crippen LogP contribution < -0.4 is 4.90 Å². The maximum Gasteiger partial charge on any atom is 0.197 e. The largest absolute Gasteiger partial charge is 0.305 e. The predicted molar refractivity (Wildman–Crippen MR) is 155 cm³/mol. The van der Waals surface area contributed by atoms with Crippen LogP contribution in [0.5, 0.6) is 0 Å². The van der Waals surface area contributed by atoms with Crippen LogP contribution in [-0.2, 0) is 0 Å². The molecule has 0 amide bonds. The van der Waals surface area contributed by atoms with Gasteiger partial charge >= 0.3 is 0 Å². The zero-order chi connectivity index (χ0) is 24.9. The first-order valence-electron chi connectivity index (χ1n) is 12.2. The Morgan fingerprint density at radius 1 is 0.622 bits per heavy atom. The van der Waals surface area contributed by atoms with E-state index in [0.717, 1.165) is 27.1 Å². The third-order valence-corrected chi connectivity index (χ3v) is 9.55. The van der Waals surface area contributed by atoms with Crippen molar-refractivity contribution < 1.29 is 9.59 Å². The summed E-state index contributed by atoms with van der Waals surface area (Å²) in [5.41, 5.74) is 3.54. The summed E-state index contributed by atoms with van der Waals surface area (Å²) in [5, 5.41) is 3.64. The SMILES string of the molecule is O=C1C(=CC2=CC3SC(N(c4ccccc4)c4ccccc4)=CC3S2)C(=O)c2cc3ccccc3cc21. The molecule has 5 heteroatoms. The first-order valence-corrected chi connectivity index (χ1v) is 13.9. The molecule has 4 aromatic rings. The van der Waals surface area contributed by atoms with Gasteiger partial charge in [0.05, 0.1) is 10.6 Å². The summed E-state index contributed by atoms with van der Waals surface area (Å²) in [6.07, 6.45) is 6.31. The van der Waals surface area contributed by atoms with Crippen LogP contribution in [0.3, 0.4) is 0 Å². The minimum atomic E-state index is -0.174. The number of para-hydroxylation sites is 2. The molecule has 0 radical (unpaired) electrons. The highest BCUT2D eigenvalue weighted by Crippen LogP contribution is 2.51. The molecule has 0 bridgehead atoms. The quantitative estimate of drug-likeness (QED) is 0.204. The van der Waals surface area contributed by atoms with E-state index in [1.54, 1.807) is 17.8 Å². The monoisotopic (exact) mass is 515 g/mol. The van der Waals surface area contributed by atoms with Gasteiger partial charge in [-0.15, -0.1) is 11.8 Å². The minimum Gasteiger partial charge on any atom is -0.305 e. The van der Waals surface area contributed by atoms with E-state index < -0.39 is 0 Å². The average Bonchev–Trinajstić information content (AvgIpc) is 3.56. The highest BCUT2D eigenvalue weighted by molar-refractivity contribution is 8.09. The number of benzene rings is 4. The lowest BCUT2D eigenvalue weighted by atomic mass is 10.0. The second-order valence-electron chi connectivity index (χ2n) is 9.21. The van der Waals surface area contributed by atoms with Crippen molar-refractivity contribution in [2.24, 2.45) is 0 Å². The third-order valence-electron chi connectivity index (χ3n) is 6.89. The Kier molecular flexibility index (Phi) is 5.41. The fourth-order valence-corrected chi connectivity index (χ4v) is 8.01. The smallest absolute Gasteiger partial charge is 0.197 e. The Bertz CT molecular complexity index is 1580. The predicted octanol–water partition coefficient (Wildman–Crippen LogP) is 7.94. The highest BCUT2D eigenvalue weighted by Gasteiger charge is 2.38. The van der Waals surface area contributed by atoms with Crippen molar-refractivity contribution in [1.29, 1.82) is 0 Å². The summed E-state index contributed by atoms with van der Waals surface area (Å²) in [6, 6.07) is 32.3. The van der Waals surface area contributed by atoms with Crippen molar-refractivity contribution in [3.63, 3.8) is 0 Å². The molecule has 0 aromatic heterocycles. The zero-order valence-electron chi connectivity index (χ0n) is 19.7. The lowest BCUT2D eigenvalue weighted by molar-refractivity contribution is 0.0988. The number of nitrogens with zero attached hydrogens (tertiary/aromatic N) is 1. The number of ketones is 2. The average molecular weight is 516 g/mol. The number of allylic oxidation sites excluding steroid dienone is 2. The number of hydrogen-bond acceptors (Lipinski definition) is 5. The van der Waals surface area contributed by atoms with Crippen LogP contribution in [0.1, 0.15) is 20.7 Å². The third kappa shape index (κ3) is 3.86. The molecule has 178 valence electrons. The van der Waals surface area contributed by atoms with Crippen molar-refractivity contribution in [3.8, 4) is 0 Å². The van der Waals surface area contributed by atoms with Gasteiger partial charge in [-0.1, -0.05) is 78.5 Å². The van der Waals surface area contributed by atoms with Crippen LogP contribution in [0.15, 0.2) is 131 Å². The first kappa shape index (κ1) is 22.4. The van der Waals surface area contributed by atoms with Crippen LogP contribution in [0, 0.1) is 0 Å². The molecule has 0 spiro atoms. The number of carbonyl (C=O) groups excluding carboxylic acids is 2. The van der Waals surface area contributed by atoms with E-state index in [1.165, 1.54) is 5.03 Å². The molecule has 7 rings (SSSR count). The van der Waals surface area contributed by atoms with Gasteiger partial charge in [0, 0.05) is 37.9 Å². The summed E-state index contributed by atoms with van der Waals surface area (Å²) in [5.74, 6) is -0.347. The molecule has 2 heterocycles. The topological polar surface area (TPSA) is 37.4 Å². The maximum atomic E-state index is 13.2. The summed E-state index contributed by atoms with van der Waals surface area (Å²) < 4.78 is 0. The van der Waals surface area contributed by atoms with Gasteiger partial charge in [-0.3, -0.25) is 9.59 Å². The molecule has 0 saturated heterocycles. The molecule has 4 aromatic carbocycles. The minimum absolute atomic E-state index is 0.174. The van der Waals surface area contributed by atoms with Gasteiger partial charge in [-0.05, 0) is 59.3 Å². The van der Waals surface area contributed by atoms with Gasteiger partial charge in [0.25, 0.3) is 0 Å². The van der Waals surface area contributed by atoms with Gasteiger partial charge in [0.1, 0.15) is 0 Å². The second kappa shape index (κ2) is 8.94. The molecule has 1 aliphatic carbocycles. The van der Waals surface area contributed by atoms with Gasteiger partial charge < -0.3 is 4.90 Å². The number of fused-ring (bicyclic) bond motifs is 3. The van der Waals surface area contributed by atoms with Gasteiger partial charge in [0.2, 0.25) is 0 Å².